The first kappa shape index (κ1) is 12.6. The topological polar surface area (TPSA) is 86.0 Å². The molecule has 0 aliphatic rings. The number of nitriles is 1. The van der Waals surface area contributed by atoms with Crippen LogP contribution < -0.4 is 5.43 Å². The predicted molar refractivity (Wildman–Crippen MR) is 70.7 cm³/mol. The summed E-state index contributed by atoms with van der Waals surface area (Å²) in [5.74, 6) is -0.310. The molecular formula is C13H13N5O. The SMILES string of the molecule is Cc1c(/C=N\NC(=O)c2ccc[nH]2)cc(C#N)n1C. The number of hydrogen-bond acceptors (Lipinski definition) is 3. The van der Waals surface area contributed by atoms with Crippen LogP contribution in [0.5, 0.6) is 0 Å². The number of rotatable bonds is 3. The van der Waals surface area contributed by atoms with Crippen LogP contribution in [-0.2, 0) is 7.05 Å². The Labute approximate surface area is 110 Å². The fraction of sp³-hybridized carbons (Fsp3) is 0.154. The molecule has 0 saturated heterocycles. The van der Waals surface area contributed by atoms with Crippen LogP contribution in [0, 0.1) is 18.3 Å². The molecule has 0 aliphatic heterocycles. The Morgan fingerprint density at radius 1 is 1.63 bits per heavy atom. The molecule has 19 heavy (non-hydrogen) atoms. The van der Waals surface area contributed by atoms with Crippen molar-refractivity contribution in [1.29, 1.82) is 5.26 Å². The molecule has 0 bridgehead atoms. The van der Waals surface area contributed by atoms with Gasteiger partial charge in [0, 0.05) is 24.5 Å². The van der Waals surface area contributed by atoms with Crippen LogP contribution in [0.3, 0.4) is 0 Å². The van der Waals surface area contributed by atoms with Gasteiger partial charge in [-0.2, -0.15) is 10.4 Å². The van der Waals surface area contributed by atoms with Crippen LogP contribution in [0.2, 0.25) is 0 Å². The molecule has 0 radical (unpaired) electrons. The van der Waals surface area contributed by atoms with Gasteiger partial charge >= 0.3 is 0 Å². The van der Waals surface area contributed by atoms with Gasteiger partial charge < -0.3 is 9.55 Å². The van der Waals surface area contributed by atoms with E-state index < -0.39 is 0 Å². The average molecular weight is 255 g/mol. The van der Waals surface area contributed by atoms with Crippen LogP contribution in [0.1, 0.15) is 27.4 Å². The highest BCUT2D eigenvalue weighted by molar-refractivity contribution is 5.93. The second kappa shape index (κ2) is 5.23. The van der Waals surface area contributed by atoms with Gasteiger partial charge in [0.2, 0.25) is 0 Å². The van der Waals surface area contributed by atoms with Gasteiger partial charge in [-0.15, -0.1) is 0 Å². The number of H-pyrrole nitrogens is 1. The van der Waals surface area contributed by atoms with Gasteiger partial charge in [0.25, 0.3) is 5.91 Å². The molecule has 0 saturated carbocycles. The van der Waals surface area contributed by atoms with Gasteiger partial charge in [-0.05, 0) is 25.1 Å². The molecular weight excluding hydrogens is 242 g/mol. The van der Waals surface area contributed by atoms with E-state index in [0.29, 0.717) is 11.4 Å². The fourth-order valence-electron chi connectivity index (χ4n) is 1.65. The summed E-state index contributed by atoms with van der Waals surface area (Å²) >= 11 is 0. The van der Waals surface area contributed by atoms with Crippen LogP contribution in [-0.4, -0.2) is 21.7 Å². The number of carbonyl (C=O) groups excluding carboxylic acids is 1. The van der Waals surface area contributed by atoms with Crippen molar-refractivity contribution in [2.24, 2.45) is 12.1 Å². The van der Waals surface area contributed by atoms with E-state index in [2.05, 4.69) is 21.6 Å². The van der Waals surface area contributed by atoms with Crippen LogP contribution in [0.15, 0.2) is 29.5 Å². The lowest BCUT2D eigenvalue weighted by Gasteiger charge is -1.98. The average Bonchev–Trinajstić information content (AvgIpc) is 3.02. The molecule has 0 unspecified atom stereocenters. The lowest BCUT2D eigenvalue weighted by Crippen LogP contribution is -2.17. The Morgan fingerprint density at radius 2 is 2.42 bits per heavy atom. The summed E-state index contributed by atoms with van der Waals surface area (Å²) in [6.07, 6.45) is 3.19. The Balaban J connectivity index is 2.08. The van der Waals surface area contributed by atoms with Gasteiger partial charge in [0.05, 0.1) is 6.21 Å². The van der Waals surface area contributed by atoms with Crippen LogP contribution >= 0.6 is 0 Å². The molecule has 0 fully saturated rings. The first-order chi connectivity index (χ1) is 9.13. The summed E-state index contributed by atoms with van der Waals surface area (Å²) in [7, 11) is 1.81. The summed E-state index contributed by atoms with van der Waals surface area (Å²) in [6.45, 7) is 1.88. The minimum absolute atomic E-state index is 0.310. The predicted octanol–water partition coefficient (Wildman–Crippen LogP) is 1.30. The highest BCUT2D eigenvalue weighted by atomic mass is 16.2. The van der Waals surface area contributed by atoms with E-state index in [4.69, 9.17) is 5.26 Å². The number of carbonyl (C=O) groups is 1. The molecule has 2 N–H and O–H groups in total. The monoisotopic (exact) mass is 255 g/mol. The summed E-state index contributed by atoms with van der Waals surface area (Å²) in [6, 6.07) is 7.20. The van der Waals surface area contributed by atoms with Gasteiger partial charge in [-0.3, -0.25) is 4.79 Å². The number of hydrazone groups is 1. The van der Waals surface area contributed by atoms with Crippen molar-refractivity contribution in [3.63, 3.8) is 0 Å². The first-order valence-electron chi connectivity index (χ1n) is 5.66. The largest absolute Gasteiger partial charge is 0.357 e. The van der Waals surface area contributed by atoms with E-state index >= 15 is 0 Å². The van der Waals surface area contributed by atoms with Crippen molar-refractivity contribution in [2.45, 2.75) is 6.92 Å². The van der Waals surface area contributed by atoms with Crippen molar-refractivity contribution in [2.75, 3.05) is 0 Å². The quantitative estimate of drug-likeness (QED) is 0.639. The van der Waals surface area contributed by atoms with E-state index in [1.54, 1.807) is 29.0 Å². The lowest BCUT2D eigenvalue weighted by molar-refractivity contribution is 0.0951. The molecule has 0 atom stereocenters. The Hall–Kier alpha value is -2.81. The number of aromatic amines is 1. The molecule has 2 aromatic rings. The van der Waals surface area contributed by atoms with E-state index in [1.807, 2.05) is 14.0 Å². The zero-order valence-corrected chi connectivity index (χ0v) is 10.6. The second-order valence-corrected chi connectivity index (χ2v) is 4.02. The Bertz CT molecular complexity index is 658. The number of nitrogens with one attached hydrogen (secondary N) is 2. The molecule has 0 aromatic carbocycles. The summed E-state index contributed by atoms with van der Waals surface area (Å²) < 4.78 is 1.77. The first-order valence-corrected chi connectivity index (χ1v) is 5.66. The smallest absolute Gasteiger partial charge is 0.287 e. The summed E-state index contributed by atoms with van der Waals surface area (Å²) in [5, 5.41) is 12.8. The molecule has 6 nitrogen and oxygen atoms in total. The third kappa shape index (κ3) is 2.55. The Kier molecular flexibility index (Phi) is 3.48. The van der Waals surface area contributed by atoms with Crippen molar-refractivity contribution in [3.8, 4) is 6.07 Å². The third-order valence-corrected chi connectivity index (χ3v) is 2.90. The maximum Gasteiger partial charge on any atom is 0.287 e. The minimum atomic E-state index is -0.310. The normalized spacial score (nSPS) is 10.6. The van der Waals surface area contributed by atoms with Crippen LogP contribution in [0.4, 0.5) is 0 Å². The highest BCUT2D eigenvalue weighted by Gasteiger charge is 2.07. The van der Waals surface area contributed by atoms with E-state index in [-0.39, 0.29) is 5.91 Å². The zero-order valence-electron chi connectivity index (χ0n) is 10.6. The summed E-state index contributed by atoms with van der Waals surface area (Å²) in [5.41, 5.74) is 5.12. The van der Waals surface area contributed by atoms with Gasteiger partial charge in [-0.1, -0.05) is 0 Å². The molecule has 2 aromatic heterocycles. The maximum atomic E-state index is 11.6. The van der Waals surface area contributed by atoms with Crippen molar-refractivity contribution in [3.05, 3.63) is 47.0 Å². The molecule has 96 valence electrons. The third-order valence-electron chi connectivity index (χ3n) is 2.90. The van der Waals surface area contributed by atoms with Crippen molar-refractivity contribution < 1.29 is 4.79 Å². The van der Waals surface area contributed by atoms with E-state index in [0.717, 1.165) is 11.3 Å². The fourth-order valence-corrected chi connectivity index (χ4v) is 1.65. The number of amides is 1. The second-order valence-electron chi connectivity index (χ2n) is 4.02. The molecule has 2 rings (SSSR count). The lowest BCUT2D eigenvalue weighted by atomic mass is 10.3. The van der Waals surface area contributed by atoms with E-state index in [1.165, 1.54) is 6.21 Å². The summed E-state index contributed by atoms with van der Waals surface area (Å²) in [4.78, 5) is 14.4. The van der Waals surface area contributed by atoms with Gasteiger partial charge in [0.15, 0.2) is 0 Å². The maximum absolute atomic E-state index is 11.6. The molecule has 2 heterocycles. The number of hydrogen-bond donors (Lipinski definition) is 2. The Morgan fingerprint density at radius 3 is 3.00 bits per heavy atom. The van der Waals surface area contributed by atoms with Crippen LogP contribution in [0.25, 0.3) is 0 Å². The molecule has 0 aliphatic carbocycles. The highest BCUT2D eigenvalue weighted by Crippen LogP contribution is 2.10. The zero-order chi connectivity index (χ0) is 13.8. The molecule has 6 heteroatoms. The number of aromatic nitrogens is 2. The molecule has 0 spiro atoms. The number of nitrogens with zero attached hydrogens (tertiary/aromatic N) is 3. The minimum Gasteiger partial charge on any atom is -0.357 e. The van der Waals surface area contributed by atoms with Crippen molar-refractivity contribution in [1.82, 2.24) is 15.0 Å². The standard InChI is InChI=1S/C13H13N5O/c1-9-10(6-11(7-14)18(9)2)8-16-17-13(19)12-4-3-5-15-12/h3-6,8,15H,1-2H3,(H,17,19)/b16-8-. The van der Waals surface area contributed by atoms with Gasteiger partial charge in [0.1, 0.15) is 17.5 Å². The molecule has 1 amide bonds. The van der Waals surface area contributed by atoms with Crippen molar-refractivity contribution >= 4 is 12.1 Å². The van der Waals surface area contributed by atoms with E-state index in [9.17, 15) is 4.79 Å². The van der Waals surface area contributed by atoms with Gasteiger partial charge in [-0.25, -0.2) is 5.43 Å².